The molecule has 2 aliphatic carbocycles. The van der Waals surface area contributed by atoms with Crippen molar-refractivity contribution in [2.24, 2.45) is 23.2 Å². The van der Waals surface area contributed by atoms with Gasteiger partial charge in [0.15, 0.2) is 0 Å². The second-order valence-corrected chi connectivity index (χ2v) is 10.7. The van der Waals surface area contributed by atoms with Gasteiger partial charge in [-0.2, -0.15) is 0 Å². The van der Waals surface area contributed by atoms with Gasteiger partial charge in [0.2, 0.25) is 0 Å². The summed E-state index contributed by atoms with van der Waals surface area (Å²) in [5, 5.41) is 15.2. The number of likely N-dealkylation sites (tertiary alicyclic amines) is 1. The van der Waals surface area contributed by atoms with Crippen LogP contribution in [0.15, 0.2) is 42.0 Å². The van der Waals surface area contributed by atoms with Crippen molar-refractivity contribution in [1.82, 2.24) is 10.2 Å². The van der Waals surface area contributed by atoms with Crippen LogP contribution < -0.4 is 5.32 Å². The molecule has 5 nitrogen and oxygen atoms in total. The Morgan fingerprint density at radius 1 is 1.19 bits per heavy atom. The van der Waals surface area contributed by atoms with E-state index in [4.69, 9.17) is 4.74 Å². The van der Waals surface area contributed by atoms with E-state index in [-0.39, 0.29) is 29.3 Å². The summed E-state index contributed by atoms with van der Waals surface area (Å²) in [6.45, 7) is 8.22. The maximum Gasteiger partial charge on any atom is 0.311 e. The minimum absolute atomic E-state index is 0.101. The fourth-order valence-corrected chi connectivity index (χ4v) is 6.73. The Labute approximate surface area is 192 Å². The summed E-state index contributed by atoms with van der Waals surface area (Å²) in [4.78, 5) is 15.3. The Morgan fingerprint density at radius 3 is 2.69 bits per heavy atom. The predicted octanol–water partition coefficient (Wildman–Crippen LogP) is 3.53. The molecule has 6 atom stereocenters. The molecule has 1 aromatic rings. The van der Waals surface area contributed by atoms with Gasteiger partial charge < -0.3 is 15.2 Å². The highest BCUT2D eigenvalue weighted by molar-refractivity contribution is 5.76. The van der Waals surface area contributed by atoms with Crippen LogP contribution >= 0.6 is 0 Å². The van der Waals surface area contributed by atoms with Gasteiger partial charge in [-0.25, -0.2) is 0 Å². The fraction of sp³-hybridized carbons (Fsp3) is 0.667. The summed E-state index contributed by atoms with van der Waals surface area (Å²) in [5.41, 5.74) is 2.44. The Bertz CT molecular complexity index is 848. The van der Waals surface area contributed by atoms with Crippen LogP contribution in [0.1, 0.15) is 51.5 Å². The number of rotatable bonds is 5. The lowest BCUT2D eigenvalue weighted by Gasteiger charge is -2.51. The van der Waals surface area contributed by atoms with E-state index < -0.39 is 6.10 Å². The van der Waals surface area contributed by atoms with Crippen molar-refractivity contribution < 1.29 is 14.6 Å². The van der Waals surface area contributed by atoms with Gasteiger partial charge in [0.05, 0.1) is 12.0 Å². The molecule has 2 saturated heterocycles. The molecule has 0 amide bonds. The molecule has 2 N–H and O–H groups in total. The molecule has 1 aromatic carbocycles. The summed E-state index contributed by atoms with van der Waals surface area (Å²) in [6.07, 6.45) is 6.76. The lowest BCUT2D eigenvalue weighted by Crippen LogP contribution is -2.55. The van der Waals surface area contributed by atoms with Gasteiger partial charge in [-0.05, 0) is 50.3 Å². The summed E-state index contributed by atoms with van der Waals surface area (Å²) in [7, 11) is 0. The van der Waals surface area contributed by atoms with Gasteiger partial charge in [-0.3, -0.25) is 9.69 Å². The van der Waals surface area contributed by atoms with Crippen LogP contribution in [0.25, 0.3) is 0 Å². The quantitative estimate of drug-likeness (QED) is 0.544. The number of aliphatic hydroxyl groups is 1. The predicted molar refractivity (Wildman–Crippen MR) is 125 cm³/mol. The molecule has 2 aliphatic heterocycles. The fourth-order valence-electron chi connectivity index (χ4n) is 6.73. The summed E-state index contributed by atoms with van der Waals surface area (Å²) >= 11 is 0. The molecule has 2 heterocycles. The number of ether oxygens (including phenoxy) is 1. The number of fused-ring (bicyclic) bond motifs is 2. The van der Waals surface area contributed by atoms with E-state index in [0.717, 1.165) is 51.7 Å². The zero-order valence-electron chi connectivity index (χ0n) is 19.5. The minimum Gasteiger partial charge on any atom is -0.461 e. The highest BCUT2D eigenvalue weighted by Gasteiger charge is 2.59. The number of nitrogens with one attached hydrogen (secondary N) is 1. The zero-order valence-corrected chi connectivity index (χ0v) is 19.5. The van der Waals surface area contributed by atoms with E-state index in [9.17, 15) is 9.90 Å². The lowest BCUT2D eigenvalue weighted by atomic mass is 9.55. The zero-order chi connectivity index (χ0) is 22.3. The Hall–Kier alpha value is -1.69. The average Bonchev–Trinajstić information content (AvgIpc) is 3.11. The summed E-state index contributed by atoms with van der Waals surface area (Å²) < 4.78 is 5.81. The molecule has 5 rings (SSSR count). The monoisotopic (exact) mass is 438 g/mol. The van der Waals surface area contributed by atoms with Gasteiger partial charge >= 0.3 is 5.97 Å². The second-order valence-electron chi connectivity index (χ2n) is 10.7. The van der Waals surface area contributed by atoms with E-state index in [2.05, 4.69) is 60.5 Å². The van der Waals surface area contributed by atoms with Crippen molar-refractivity contribution in [3.63, 3.8) is 0 Å². The van der Waals surface area contributed by atoms with Crippen LogP contribution in [-0.4, -0.2) is 53.9 Å². The first-order valence-corrected chi connectivity index (χ1v) is 12.5. The number of allylic oxidation sites excluding steroid dienone is 1. The van der Waals surface area contributed by atoms with Crippen LogP contribution in [0.3, 0.4) is 0 Å². The van der Waals surface area contributed by atoms with Gasteiger partial charge in [0.25, 0.3) is 0 Å². The Morgan fingerprint density at radius 2 is 1.94 bits per heavy atom. The molecule has 174 valence electrons. The van der Waals surface area contributed by atoms with Crippen molar-refractivity contribution >= 4 is 5.97 Å². The van der Waals surface area contributed by atoms with E-state index in [1.165, 1.54) is 11.1 Å². The molecule has 4 aliphatic rings. The van der Waals surface area contributed by atoms with Crippen LogP contribution in [0, 0.1) is 23.2 Å². The van der Waals surface area contributed by atoms with Gasteiger partial charge in [-0.1, -0.05) is 55.8 Å². The molecular weight excluding hydrogens is 400 g/mol. The Kier molecular flexibility index (Phi) is 6.17. The van der Waals surface area contributed by atoms with Crippen molar-refractivity contribution in [3.05, 3.63) is 47.5 Å². The number of nitrogens with zero attached hydrogens (tertiary/aromatic N) is 1. The summed E-state index contributed by atoms with van der Waals surface area (Å²) in [6, 6.07) is 11.1. The normalized spacial score (nSPS) is 38.0. The minimum atomic E-state index is -0.520. The highest BCUT2D eigenvalue weighted by atomic mass is 16.6. The molecule has 32 heavy (non-hydrogen) atoms. The summed E-state index contributed by atoms with van der Waals surface area (Å²) in [5.74, 6) is -0.0408. The number of esters is 1. The largest absolute Gasteiger partial charge is 0.461 e. The number of hydrogen-bond donors (Lipinski definition) is 2. The van der Waals surface area contributed by atoms with Crippen molar-refractivity contribution in [2.45, 2.75) is 70.7 Å². The van der Waals surface area contributed by atoms with Gasteiger partial charge in [0.1, 0.15) is 6.10 Å². The molecule has 3 fully saturated rings. The molecule has 0 radical (unpaired) electrons. The molecular formula is C27H38N2O3. The maximum absolute atomic E-state index is 12.8. The van der Waals surface area contributed by atoms with E-state index in [1.807, 2.05) is 0 Å². The van der Waals surface area contributed by atoms with Crippen LogP contribution in [-0.2, 0) is 16.1 Å². The number of hydrogen-bond acceptors (Lipinski definition) is 5. The van der Waals surface area contributed by atoms with Gasteiger partial charge in [-0.15, -0.1) is 0 Å². The second kappa shape index (κ2) is 8.92. The van der Waals surface area contributed by atoms with Crippen molar-refractivity contribution in [2.75, 3.05) is 19.6 Å². The molecule has 0 aromatic heterocycles. The number of piperidine rings is 1. The third-order valence-corrected chi connectivity index (χ3v) is 9.03. The van der Waals surface area contributed by atoms with Crippen LogP contribution in [0.2, 0.25) is 0 Å². The van der Waals surface area contributed by atoms with Crippen LogP contribution in [0.4, 0.5) is 0 Å². The number of benzene rings is 1. The van der Waals surface area contributed by atoms with E-state index in [1.54, 1.807) is 0 Å². The standard InChI is InChI=1S/C27H38N2O3/c1-18-7-6-10-20-15-23-24(25(30)27(18,20)2)22(26(31)32-23)16-28-21-11-13-29(14-12-21)17-19-8-4-3-5-9-19/h3-5,8-10,18,21-25,28,30H,6-7,11-17H2,1-2H3/t18-,22-,23-,24-,25+,27-/m1/s1. The lowest BCUT2D eigenvalue weighted by molar-refractivity contribution is -0.144. The van der Waals surface area contributed by atoms with E-state index in [0.29, 0.717) is 18.5 Å². The number of carbonyl (C=O) groups excluding carboxylic acids is 1. The van der Waals surface area contributed by atoms with Crippen LogP contribution in [0.5, 0.6) is 0 Å². The highest BCUT2D eigenvalue weighted by Crippen LogP contribution is 2.55. The van der Waals surface area contributed by atoms with E-state index >= 15 is 0 Å². The topological polar surface area (TPSA) is 61.8 Å². The SMILES string of the molecule is C[C@@H]1CCC=C2C[C@H]3OC(=O)[C@H](CNC4CCN(Cc5ccccc5)CC4)[C@H]3[C@H](O)[C@@]21C. The smallest absolute Gasteiger partial charge is 0.311 e. The third-order valence-electron chi connectivity index (χ3n) is 9.03. The Balaban J connectivity index is 1.18. The molecule has 0 unspecified atom stereocenters. The molecule has 0 bridgehead atoms. The third kappa shape index (κ3) is 3.93. The van der Waals surface area contributed by atoms with Crippen molar-refractivity contribution in [3.8, 4) is 0 Å². The van der Waals surface area contributed by atoms with Gasteiger partial charge in [0, 0.05) is 36.9 Å². The molecule has 5 heteroatoms. The first-order valence-electron chi connectivity index (χ1n) is 12.5. The number of aliphatic hydroxyl groups excluding tert-OH is 1. The molecule has 0 spiro atoms. The molecule has 1 saturated carbocycles. The average molecular weight is 439 g/mol. The number of carbonyl (C=O) groups is 1. The van der Waals surface area contributed by atoms with Crippen molar-refractivity contribution in [1.29, 1.82) is 0 Å². The maximum atomic E-state index is 12.8. The first-order chi connectivity index (χ1) is 15.5. The first kappa shape index (κ1) is 22.1.